The van der Waals surface area contributed by atoms with Gasteiger partial charge >= 0.3 is 0 Å². The zero-order chi connectivity index (χ0) is 20.6. The highest BCUT2D eigenvalue weighted by molar-refractivity contribution is 5.87. The maximum absolute atomic E-state index is 11.7. The van der Waals surface area contributed by atoms with E-state index >= 15 is 0 Å². The van der Waals surface area contributed by atoms with E-state index in [-0.39, 0.29) is 5.91 Å². The van der Waals surface area contributed by atoms with Crippen molar-refractivity contribution >= 4 is 5.91 Å². The lowest BCUT2D eigenvalue weighted by molar-refractivity contribution is -0.127. The minimum absolute atomic E-state index is 0.0343. The van der Waals surface area contributed by atoms with Gasteiger partial charge in [-0.25, -0.2) is 0 Å². The molecule has 0 aromatic heterocycles. The summed E-state index contributed by atoms with van der Waals surface area (Å²) in [4.78, 5) is 15.9. The molecule has 0 unspecified atom stereocenters. The summed E-state index contributed by atoms with van der Waals surface area (Å²) in [7, 11) is 0. The molecular weight excluding hydrogens is 360 g/mol. The Morgan fingerprint density at radius 1 is 1.00 bits per heavy atom. The largest absolute Gasteiger partial charge is 0.493 e. The number of benzene rings is 2. The van der Waals surface area contributed by atoms with Crippen molar-refractivity contribution in [2.24, 2.45) is 0 Å². The van der Waals surface area contributed by atoms with E-state index in [1.165, 1.54) is 22.8 Å². The third-order valence-electron chi connectivity index (χ3n) is 5.49. The second-order valence-corrected chi connectivity index (χ2v) is 7.94. The average Bonchev–Trinajstić information content (AvgIpc) is 2.75. The van der Waals surface area contributed by atoms with Crippen molar-refractivity contribution in [1.82, 2.24) is 9.80 Å². The van der Waals surface area contributed by atoms with Crippen molar-refractivity contribution in [3.8, 4) is 5.75 Å². The smallest absolute Gasteiger partial charge is 0.246 e. The van der Waals surface area contributed by atoms with Gasteiger partial charge in [-0.3, -0.25) is 9.69 Å². The molecule has 0 saturated carbocycles. The minimum atomic E-state index is 0.0343. The third-order valence-corrected chi connectivity index (χ3v) is 5.49. The van der Waals surface area contributed by atoms with Crippen molar-refractivity contribution < 1.29 is 9.53 Å². The van der Waals surface area contributed by atoms with E-state index in [1.807, 2.05) is 4.90 Å². The Bertz CT molecular complexity index is 789. The number of amides is 1. The second-order valence-electron chi connectivity index (χ2n) is 7.94. The van der Waals surface area contributed by atoms with Crippen LogP contribution >= 0.6 is 0 Å². The van der Waals surface area contributed by atoms with Crippen LogP contribution in [0.1, 0.15) is 36.5 Å². The summed E-state index contributed by atoms with van der Waals surface area (Å²) >= 11 is 0. The van der Waals surface area contributed by atoms with Gasteiger partial charge in [-0.2, -0.15) is 0 Å². The Morgan fingerprint density at radius 3 is 2.21 bits per heavy atom. The van der Waals surface area contributed by atoms with Gasteiger partial charge < -0.3 is 9.64 Å². The molecule has 3 rings (SSSR count). The zero-order valence-corrected chi connectivity index (χ0v) is 17.6. The maximum atomic E-state index is 11.7. The molecule has 2 aromatic rings. The summed E-state index contributed by atoms with van der Waals surface area (Å²) in [6, 6.07) is 17.2. The van der Waals surface area contributed by atoms with Crippen molar-refractivity contribution in [3.63, 3.8) is 0 Å². The molecule has 0 aliphatic carbocycles. The van der Waals surface area contributed by atoms with Crippen LogP contribution in [0.5, 0.6) is 5.75 Å². The summed E-state index contributed by atoms with van der Waals surface area (Å²) in [5.41, 5.74) is 3.93. The number of hydrogen-bond acceptors (Lipinski definition) is 3. The lowest BCUT2D eigenvalue weighted by atomic mass is 10.0. The molecule has 1 fully saturated rings. The fourth-order valence-corrected chi connectivity index (χ4v) is 3.56. The summed E-state index contributed by atoms with van der Waals surface area (Å²) < 4.78 is 5.89. The molecule has 0 spiro atoms. The lowest BCUT2D eigenvalue weighted by Crippen LogP contribution is -2.47. The molecular formula is C25H32N2O2. The molecule has 1 amide bonds. The van der Waals surface area contributed by atoms with Gasteiger partial charge in [0.25, 0.3) is 0 Å². The molecule has 1 heterocycles. The van der Waals surface area contributed by atoms with E-state index in [4.69, 9.17) is 4.74 Å². The number of carbonyl (C=O) groups excluding carboxylic acids is 1. The van der Waals surface area contributed by atoms with E-state index < -0.39 is 0 Å². The Balaban J connectivity index is 1.41. The molecule has 1 saturated heterocycles. The standard InChI is InChI=1S/C25H32N2O2/c1-4-25(28)27-16-14-26(15-17-27)19-22-7-5-21(6-8-22)13-18-29-24-11-9-23(10-12-24)20(2)3/h4-12,20H,1,13-19H2,2-3H3. The summed E-state index contributed by atoms with van der Waals surface area (Å²) in [6.45, 7) is 12.9. The van der Waals surface area contributed by atoms with Gasteiger partial charge in [0.2, 0.25) is 5.91 Å². The third kappa shape index (κ3) is 6.20. The number of hydrogen-bond donors (Lipinski definition) is 0. The van der Waals surface area contributed by atoms with Crippen molar-refractivity contribution in [3.05, 3.63) is 77.9 Å². The fourth-order valence-electron chi connectivity index (χ4n) is 3.56. The van der Waals surface area contributed by atoms with Gasteiger partial charge in [0.15, 0.2) is 0 Å². The van der Waals surface area contributed by atoms with Crippen LogP contribution in [0.2, 0.25) is 0 Å². The maximum Gasteiger partial charge on any atom is 0.246 e. The fraction of sp³-hybridized carbons (Fsp3) is 0.400. The summed E-state index contributed by atoms with van der Waals surface area (Å²) in [5.74, 6) is 1.51. The van der Waals surface area contributed by atoms with Crippen LogP contribution in [-0.4, -0.2) is 48.5 Å². The lowest BCUT2D eigenvalue weighted by Gasteiger charge is -2.34. The van der Waals surface area contributed by atoms with E-state index in [1.54, 1.807) is 0 Å². The van der Waals surface area contributed by atoms with Gasteiger partial charge in [0.1, 0.15) is 5.75 Å². The van der Waals surface area contributed by atoms with E-state index in [2.05, 4.69) is 73.9 Å². The van der Waals surface area contributed by atoms with E-state index in [0.29, 0.717) is 12.5 Å². The first-order chi connectivity index (χ1) is 14.0. The van der Waals surface area contributed by atoms with Crippen molar-refractivity contribution in [2.75, 3.05) is 32.8 Å². The summed E-state index contributed by atoms with van der Waals surface area (Å²) in [6.07, 6.45) is 2.30. The van der Waals surface area contributed by atoms with Crippen LogP contribution in [0.3, 0.4) is 0 Å². The SMILES string of the molecule is C=CC(=O)N1CCN(Cc2ccc(CCOc3ccc(C(C)C)cc3)cc2)CC1. The number of piperazine rings is 1. The van der Waals surface area contributed by atoms with Crippen LogP contribution in [0.25, 0.3) is 0 Å². The van der Waals surface area contributed by atoms with E-state index in [9.17, 15) is 4.79 Å². The van der Waals surface area contributed by atoms with Crippen LogP contribution < -0.4 is 4.74 Å². The van der Waals surface area contributed by atoms with Crippen LogP contribution in [-0.2, 0) is 17.8 Å². The van der Waals surface area contributed by atoms with Crippen molar-refractivity contribution in [2.45, 2.75) is 32.7 Å². The molecule has 0 radical (unpaired) electrons. The van der Waals surface area contributed by atoms with Gasteiger partial charge in [-0.05, 0) is 40.8 Å². The second kappa shape index (κ2) is 10.3. The minimum Gasteiger partial charge on any atom is -0.493 e. The molecule has 0 N–H and O–H groups in total. The predicted molar refractivity (Wildman–Crippen MR) is 118 cm³/mol. The number of rotatable bonds is 8. The highest BCUT2D eigenvalue weighted by Gasteiger charge is 2.19. The van der Waals surface area contributed by atoms with Crippen LogP contribution in [0.15, 0.2) is 61.2 Å². The highest BCUT2D eigenvalue weighted by atomic mass is 16.5. The number of nitrogens with zero attached hydrogens (tertiary/aromatic N) is 2. The van der Waals surface area contributed by atoms with Gasteiger partial charge in [0.05, 0.1) is 6.61 Å². The molecule has 2 aromatic carbocycles. The molecule has 154 valence electrons. The quantitative estimate of drug-likeness (QED) is 0.629. The highest BCUT2D eigenvalue weighted by Crippen LogP contribution is 2.19. The Kier molecular flexibility index (Phi) is 7.48. The molecule has 4 heteroatoms. The normalized spacial score (nSPS) is 14.8. The first-order valence-electron chi connectivity index (χ1n) is 10.5. The molecule has 4 nitrogen and oxygen atoms in total. The topological polar surface area (TPSA) is 32.8 Å². The zero-order valence-electron chi connectivity index (χ0n) is 17.6. The number of ether oxygens (including phenoxy) is 1. The predicted octanol–water partition coefficient (Wildman–Crippen LogP) is 4.26. The summed E-state index contributed by atoms with van der Waals surface area (Å²) in [5, 5.41) is 0. The Hall–Kier alpha value is -2.59. The molecule has 0 bridgehead atoms. The average molecular weight is 393 g/mol. The molecule has 0 atom stereocenters. The first kappa shape index (κ1) is 21.1. The van der Waals surface area contributed by atoms with Gasteiger partial charge in [0, 0.05) is 39.1 Å². The van der Waals surface area contributed by atoms with Gasteiger partial charge in [-0.1, -0.05) is 56.8 Å². The van der Waals surface area contributed by atoms with Gasteiger partial charge in [-0.15, -0.1) is 0 Å². The van der Waals surface area contributed by atoms with E-state index in [0.717, 1.165) is 44.9 Å². The monoisotopic (exact) mass is 392 g/mol. The Morgan fingerprint density at radius 2 is 1.62 bits per heavy atom. The van der Waals surface area contributed by atoms with Crippen molar-refractivity contribution in [1.29, 1.82) is 0 Å². The molecule has 29 heavy (non-hydrogen) atoms. The Labute approximate surface area is 174 Å². The number of carbonyl (C=O) groups is 1. The van der Waals surface area contributed by atoms with Crippen LogP contribution in [0.4, 0.5) is 0 Å². The molecule has 1 aliphatic heterocycles. The van der Waals surface area contributed by atoms with Crippen LogP contribution in [0, 0.1) is 0 Å². The first-order valence-corrected chi connectivity index (χ1v) is 10.5. The molecule has 1 aliphatic rings.